The molecule has 0 aromatic carbocycles. The van der Waals surface area contributed by atoms with E-state index in [9.17, 15) is 9.59 Å². The molecule has 0 saturated carbocycles. The lowest BCUT2D eigenvalue weighted by Gasteiger charge is -2.36. The van der Waals surface area contributed by atoms with Crippen molar-refractivity contribution in [2.24, 2.45) is 0 Å². The SMILES string of the molecule is CCOC(=O)c1cn(CCO[Si](C)(C)C(C)(C)C)c2c1CC/C(=C/N(C)C)C2=O. The number of nitrogens with zero attached hydrogens (tertiary/aromatic N) is 2. The first kappa shape index (κ1) is 23.4. The van der Waals surface area contributed by atoms with Crippen LogP contribution in [0.3, 0.4) is 0 Å². The van der Waals surface area contributed by atoms with Crippen LogP contribution in [0.25, 0.3) is 0 Å². The van der Waals surface area contributed by atoms with E-state index in [2.05, 4.69) is 33.9 Å². The Bertz CT molecular complexity index is 800. The van der Waals surface area contributed by atoms with Gasteiger partial charge < -0.3 is 18.6 Å². The smallest absolute Gasteiger partial charge is 0.339 e. The molecule has 1 aliphatic carbocycles. The Morgan fingerprint density at radius 1 is 1.28 bits per heavy atom. The number of carbonyl (C=O) groups excluding carboxylic acids is 2. The van der Waals surface area contributed by atoms with Gasteiger partial charge in [0, 0.05) is 38.6 Å². The highest BCUT2D eigenvalue weighted by Crippen LogP contribution is 2.36. The zero-order chi connectivity index (χ0) is 22.0. The summed E-state index contributed by atoms with van der Waals surface area (Å²) in [4.78, 5) is 27.5. The molecule has 29 heavy (non-hydrogen) atoms. The number of aromatic nitrogens is 1. The maximum atomic E-state index is 13.2. The molecule has 0 radical (unpaired) electrons. The first-order valence-electron chi connectivity index (χ1n) is 10.3. The fourth-order valence-corrected chi connectivity index (χ4v) is 4.29. The summed E-state index contributed by atoms with van der Waals surface area (Å²) in [5.41, 5.74) is 2.68. The monoisotopic (exact) mass is 420 g/mol. The van der Waals surface area contributed by atoms with Gasteiger partial charge in [-0.3, -0.25) is 4.79 Å². The molecule has 1 aromatic rings. The van der Waals surface area contributed by atoms with Crippen LogP contribution in [0.5, 0.6) is 0 Å². The van der Waals surface area contributed by atoms with Crippen LogP contribution in [0.15, 0.2) is 18.0 Å². The fraction of sp³-hybridized carbons (Fsp3) is 0.636. The zero-order valence-corrected chi connectivity index (χ0v) is 20.2. The molecule has 162 valence electrons. The lowest BCUT2D eigenvalue weighted by Crippen LogP contribution is -2.41. The summed E-state index contributed by atoms with van der Waals surface area (Å²) in [6.07, 6.45) is 4.93. The molecule has 0 atom stereocenters. The molecule has 1 aliphatic rings. The molecular weight excluding hydrogens is 384 g/mol. The summed E-state index contributed by atoms with van der Waals surface area (Å²) < 4.78 is 13.4. The number of hydrogen-bond donors (Lipinski definition) is 0. The standard InChI is InChI=1S/C22H36N2O4Si/c1-9-27-21(26)18-15-24(12-13-28-29(7,8)22(2,3)4)19-17(18)11-10-16(20(19)25)14-23(5)6/h14-15H,9-13H2,1-8H3/b16-14-. The molecule has 6 nitrogen and oxygen atoms in total. The van der Waals surface area contributed by atoms with E-state index in [1.807, 2.05) is 29.8 Å². The molecule has 1 heterocycles. The third-order valence-electron chi connectivity index (χ3n) is 5.84. The zero-order valence-electron chi connectivity index (χ0n) is 19.2. The summed E-state index contributed by atoms with van der Waals surface area (Å²) >= 11 is 0. The second kappa shape index (κ2) is 8.88. The van der Waals surface area contributed by atoms with Gasteiger partial charge in [-0.2, -0.15) is 0 Å². The molecule has 0 fully saturated rings. The molecule has 7 heteroatoms. The number of rotatable bonds is 7. The van der Waals surface area contributed by atoms with Crippen LogP contribution in [-0.4, -0.2) is 56.8 Å². The van der Waals surface area contributed by atoms with E-state index in [0.717, 1.165) is 11.1 Å². The number of hydrogen-bond acceptors (Lipinski definition) is 5. The van der Waals surface area contributed by atoms with Crippen molar-refractivity contribution in [3.8, 4) is 0 Å². The largest absolute Gasteiger partial charge is 0.462 e. The van der Waals surface area contributed by atoms with Gasteiger partial charge in [-0.25, -0.2) is 4.79 Å². The second-order valence-corrected chi connectivity index (χ2v) is 14.1. The summed E-state index contributed by atoms with van der Waals surface area (Å²) in [7, 11) is 1.94. The molecule has 0 N–H and O–H groups in total. The van der Waals surface area contributed by atoms with Crippen LogP contribution in [0.4, 0.5) is 0 Å². The van der Waals surface area contributed by atoms with Crippen LogP contribution in [0.1, 0.15) is 60.5 Å². The first-order valence-corrected chi connectivity index (χ1v) is 13.2. The van der Waals surface area contributed by atoms with E-state index in [-0.39, 0.29) is 16.8 Å². The second-order valence-electron chi connectivity index (χ2n) is 9.34. The van der Waals surface area contributed by atoms with Crippen molar-refractivity contribution in [2.45, 2.75) is 65.2 Å². The Kier molecular flexibility index (Phi) is 7.17. The highest BCUT2D eigenvalue weighted by Gasteiger charge is 2.37. The van der Waals surface area contributed by atoms with E-state index in [1.165, 1.54) is 0 Å². The quantitative estimate of drug-likeness (QED) is 0.375. The molecule has 2 rings (SSSR count). The number of carbonyl (C=O) groups is 2. The Morgan fingerprint density at radius 3 is 2.48 bits per heavy atom. The average Bonchev–Trinajstić information content (AvgIpc) is 2.95. The molecule has 1 aromatic heterocycles. The van der Waals surface area contributed by atoms with E-state index < -0.39 is 8.32 Å². The number of fused-ring (bicyclic) bond motifs is 1. The maximum absolute atomic E-state index is 13.2. The predicted molar refractivity (Wildman–Crippen MR) is 118 cm³/mol. The molecular formula is C22H36N2O4Si. The van der Waals surface area contributed by atoms with Gasteiger partial charge in [0.2, 0.25) is 5.78 Å². The number of ketones is 1. The van der Waals surface area contributed by atoms with Crippen LogP contribution in [-0.2, 0) is 22.1 Å². The minimum atomic E-state index is -1.88. The van der Waals surface area contributed by atoms with Gasteiger partial charge in [0.1, 0.15) is 0 Å². The predicted octanol–water partition coefficient (Wildman–Crippen LogP) is 4.26. The van der Waals surface area contributed by atoms with Crippen molar-refractivity contribution in [2.75, 3.05) is 27.3 Å². The highest BCUT2D eigenvalue weighted by molar-refractivity contribution is 6.74. The minimum Gasteiger partial charge on any atom is -0.462 e. The van der Waals surface area contributed by atoms with Gasteiger partial charge in [-0.1, -0.05) is 20.8 Å². The van der Waals surface area contributed by atoms with Crippen molar-refractivity contribution in [3.63, 3.8) is 0 Å². The first-order chi connectivity index (χ1) is 13.4. The average molecular weight is 421 g/mol. The highest BCUT2D eigenvalue weighted by atomic mass is 28.4. The fourth-order valence-electron chi connectivity index (χ4n) is 3.26. The van der Waals surface area contributed by atoms with Crippen LogP contribution in [0, 0.1) is 0 Å². The van der Waals surface area contributed by atoms with Crippen LogP contribution in [0.2, 0.25) is 18.1 Å². The number of Topliss-reactive ketones (excluding diaryl/α,β-unsaturated/α-hetero) is 1. The number of allylic oxidation sites excluding steroid dienone is 1. The lowest BCUT2D eigenvalue weighted by atomic mass is 9.90. The molecule has 0 aliphatic heterocycles. The van der Waals surface area contributed by atoms with Crippen LogP contribution >= 0.6 is 0 Å². The van der Waals surface area contributed by atoms with Gasteiger partial charge in [-0.15, -0.1) is 0 Å². The third-order valence-corrected chi connectivity index (χ3v) is 10.4. The van der Waals surface area contributed by atoms with Gasteiger partial charge in [-0.05, 0) is 43.5 Å². The Labute approximate surface area is 176 Å². The van der Waals surface area contributed by atoms with Crippen LogP contribution < -0.4 is 0 Å². The van der Waals surface area contributed by atoms with E-state index in [1.54, 1.807) is 13.1 Å². The van der Waals surface area contributed by atoms with Gasteiger partial charge >= 0.3 is 5.97 Å². The molecule has 0 spiro atoms. The lowest BCUT2D eigenvalue weighted by molar-refractivity contribution is 0.0525. The molecule has 0 bridgehead atoms. The Balaban J connectivity index is 2.35. The molecule has 0 unspecified atom stereocenters. The number of ether oxygens (including phenoxy) is 1. The molecule has 0 saturated heterocycles. The number of esters is 1. The Morgan fingerprint density at radius 2 is 1.93 bits per heavy atom. The normalized spacial score (nSPS) is 16.1. The van der Waals surface area contributed by atoms with Crippen molar-refractivity contribution >= 4 is 20.1 Å². The van der Waals surface area contributed by atoms with Crippen molar-refractivity contribution in [3.05, 3.63) is 34.8 Å². The summed E-state index contributed by atoms with van der Waals surface area (Å²) in [6.45, 7) is 14.2. The summed E-state index contributed by atoms with van der Waals surface area (Å²) in [6, 6.07) is 0. The maximum Gasteiger partial charge on any atom is 0.339 e. The Hall–Kier alpha value is -1.86. The van der Waals surface area contributed by atoms with Crippen molar-refractivity contribution in [1.82, 2.24) is 9.47 Å². The third kappa shape index (κ3) is 5.20. The van der Waals surface area contributed by atoms with E-state index in [4.69, 9.17) is 9.16 Å². The van der Waals surface area contributed by atoms with Crippen molar-refractivity contribution < 1.29 is 18.8 Å². The summed E-state index contributed by atoms with van der Waals surface area (Å²) in [5, 5.41) is 0.122. The van der Waals surface area contributed by atoms with E-state index in [0.29, 0.717) is 43.9 Å². The molecule has 0 amide bonds. The summed E-state index contributed by atoms with van der Waals surface area (Å²) in [5.74, 6) is -0.372. The van der Waals surface area contributed by atoms with Crippen molar-refractivity contribution in [1.29, 1.82) is 0 Å². The van der Waals surface area contributed by atoms with E-state index >= 15 is 0 Å². The van der Waals surface area contributed by atoms with Gasteiger partial charge in [0.25, 0.3) is 0 Å². The van der Waals surface area contributed by atoms with Gasteiger partial charge in [0.05, 0.1) is 24.5 Å². The minimum absolute atomic E-state index is 0.0113. The topological polar surface area (TPSA) is 60.8 Å². The van der Waals surface area contributed by atoms with Gasteiger partial charge in [0.15, 0.2) is 8.32 Å².